The molecule has 2 N–H and O–H groups in total. The van der Waals surface area contributed by atoms with E-state index in [0.717, 1.165) is 7.05 Å². The molecule has 0 atom stereocenters. The van der Waals surface area contributed by atoms with Gasteiger partial charge in [-0.15, -0.1) is 4.48 Å². The van der Waals surface area contributed by atoms with E-state index < -0.39 is 7.05 Å². The number of rotatable bonds is 2. The van der Waals surface area contributed by atoms with Crippen molar-refractivity contribution in [3.8, 4) is 0 Å². The molecule has 0 aromatic carbocycles. The summed E-state index contributed by atoms with van der Waals surface area (Å²) in [6.07, 6.45) is 0. The van der Waals surface area contributed by atoms with E-state index in [1.54, 1.807) is 0 Å². The van der Waals surface area contributed by atoms with Crippen LogP contribution in [0.15, 0.2) is 0 Å². The molecular formula is C2H8BFN2O. The first-order valence-electron chi connectivity index (χ1n) is 1.95. The van der Waals surface area contributed by atoms with Gasteiger partial charge in [0.25, 0.3) is 0 Å². The lowest BCUT2D eigenvalue weighted by atomic mass is 9.92. The molecule has 0 amide bonds. The van der Waals surface area contributed by atoms with Gasteiger partial charge in [-0.2, -0.15) is 0 Å². The molecule has 0 radical (unpaired) electrons. The van der Waals surface area contributed by atoms with Gasteiger partial charge in [0.2, 0.25) is 0 Å². The fraction of sp³-hybridized carbons (Fsp3) is 1.00. The van der Waals surface area contributed by atoms with Gasteiger partial charge in [-0.25, -0.2) is 0 Å². The molecule has 7 heavy (non-hydrogen) atoms. The van der Waals surface area contributed by atoms with Crippen LogP contribution in [0.4, 0.5) is 4.48 Å². The van der Waals surface area contributed by atoms with Gasteiger partial charge >= 0.3 is 7.05 Å². The molecule has 0 saturated carbocycles. The van der Waals surface area contributed by atoms with Gasteiger partial charge < -0.3 is 10.4 Å². The Morgan fingerprint density at radius 3 is 2.29 bits per heavy atom. The third kappa shape index (κ3) is 5.87. The summed E-state index contributed by atoms with van der Waals surface area (Å²) >= 11 is 0. The molecule has 0 spiro atoms. The minimum Gasteiger partial charge on any atom is -0.344 e. The Balaban J connectivity index is 2.95. The lowest BCUT2D eigenvalue weighted by Gasteiger charge is -2.04. The van der Waals surface area contributed by atoms with E-state index in [9.17, 15) is 4.48 Å². The van der Waals surface area contributed by atoms with Crippen molar-refractivity contribution in [2.45, 2.75) is 6.82 Å². The maximum absolute atomic E-state index is 11.5. The molecule has 5 heteroatoms. The summed E-state index contributed by atoms with van der Waals surface area (Å²) in [4.78, 5) is 0. The van der Waals surface area contributed by atoms with Crippen molar-refractivity contribution in [3.05, 3.63) is 0 Å². The molecule has 0 unspecified atom stereocenters. The fourth-order valence-electron chi connectivity index (χ4n) is 0.229. The smallest absolute Gasteiger partial charge is 0.344 e. The molecule has 42 valence electrons. The molecule has 0 aromatic rings. The Morgan fingerprint density at radius 1 is 1.86 bits per heavy atom. The van der Waals surface area contributed by atoms with Gasteiger partial charge in [-0.3, -0.25) is 0 Å². The highest BCUT2D eigenvalue weighted by molar-refractivity contribution is 6.45. The van der Waals surface area contributed by atoms with Crippen molar-refractivity contribution < 1.29 is 9.24 Å². The maximum Gasteiger partial charge on any atom is 0.399 e. The largest absolute Gasteiger partial charge is 0.399 e. The second-order valence-electron chi connectivity index (χ2n) is 1.23. The molecule has 0 saturated heterocycles. The first kappa shape index (κ1) is 6.87. The average Bonchev–Trinajstić information content (AvgIpc) is 1.27. The van der Waals surface area contributed by atoms with Crippen molar-refractivity contribution in [3.63, 3.8) is 0 Å². The Hall–Kier alpha value is -0.125. The SMILES string of the molecule is CB(N)ON(C)F. The molecule has 3 nitrogen and oxygen atoms in total. The molecule has 0 aromatic heterocycles. The number of hydrogen-bond donors (Lipinski definition) is 1. The van der Waals surface area contributed by atoms with Crippen molar-refractivity contribution >= 4 is 7.05 Å². The second kappa shape index (κ2) is 2.95. The quantitative estimate of drug-likeness (QED) is 0.301. The maximum atomic E-state index is 11.5. The van der Waals surface area contributed by atoms with Gasteiger partial charge in [0.1, 0.15) is 0 Å². The van der Waals surface area contributed by atoms with Crippen molar-refractivity contribution in [1.29, 1.82) is 0 Å². The van der Waals surface area contributed by atoms with Crippen LogP contribution >= 0.6 is 0 Å². The number of nitrogens with two attached hydrogens (primary N) is 1. The van der Waals surface area contributed by atoms with Crippen LogP contribution in [0.2, 0.25) is 6.82 Å². The summed E-state index contributed by atoms with van der Waals surface area (Å²) in [6.45, 7) is 1.54. The molecular weight excluding hydrogens is 97.8 g/mol. The van der Waals surface area contributed by atoms with E-state index >= 15 is 0 Å². The summed E-state index contributed by atoms with van der Waals surface area (Å²) in [6, 6.07) is 0. The number of nitrogens with zero attached hydrogens (tertiary/aromatic N) is 1. The van der Waals surface area contributed by atoms with Crippen molar-refractivity contribution in [2.24, 2.45) is 5.64 Å². The molecule has 0 fully saturated rings. The van der Waals surface area contributed by atoms with Crippen LogP contribution in [0, 0.1) is 0 Å². The Bertz CT molecular complexity index is 45.0. The third-order valence-corrected chi connectivity index (χ3v) is 0.312. The first-order valence-corrected chi connectivity index (χ1v) is 1.95. The molecule has 0 heterocycles. The highest BCUT2D eigenvalue weighted by Crippen LogP contribution is 1.82. The summed E-state index contributed by atoms with van der Waals surface area (Å²) in [7, 11) is 0.554. The lowest BCUT2D eigenvalue weighted by molar-refractivity contribution is -0.191. The number of hydrogen-bond acceptors (Lipinski definition) is 3. The summed E-state index contributed by atoms with van der Waals surface area (Å²) in [5.41, 5.74) is 4.99. The van der Waals surface area contributed by atoms with Crippen LogP contribution in [0.1, 0.15) is 0 Å². The van der Waals surface area contributed by atoms with Crippen molar-refractivity contribution in [2.75, 3.05) is 7.05 Å². The average molecular weight is 106 g/mol. The standard InChI is InChI=1S/C2H8BFN2O/c1-3(5)7-6(2)4/h5H2,1-2H3. The van der Waals surface area contributed by atoms with E-state index in [-0.39, 0.29) is 5.29 Å². The highest BCUT2D eigenvalue weighted by atomic mass is 19.2. The minimum atomic E-state index is -0.574. The fourth-order valence-corrected chi connectivity index (χ4v) is 0.229. The van der Waals surface area contributed by atoms with E-state index in [1.165, 1.54) is 6.82 Å². The van der Waals surface area contributed by atoms with Gasteiger partial charge in [0.05, 0.1) is 0 Å². The van der Waals surface area contributed by atoms with Gasteiger partial charge in [-0.05, 0) is 12.1 Å². The molecule has 0 aliphatic heterocycles. The van der Waals surface area contributed by atoms with E-state index in [0.29, 0.717) is 0 Å². The molecule has 0 aliphatic carbocycles. The first-order chi connectivity index (χ1) is 3.13. The van der Waals surface area contributed by atoms with E-state index in [1.807, 2.05) is 0 Å². The molecule has 0 aliphatic rings. The van der Waals surface area contributed by atoms with Gasteiger partial charge in [-0.1, -0.05) is 0 Å². The topological polar surface area (TPSA) is 38.5 Å². The van der Waals surface area contributed by atoms with Crippen LogP contribution < -0.4 is 5.64 Å². The Labute approximate surface area is 42.3 Å². The zero-order valence-electron chi connectivity index (χ0n) is 4.39. The van der Waals surface area contributed by atoms with Gasteiger partial charge in [0.15, 0.2) is 0 Å². The van der Waals surface area contributed by atoms with Crippen LogP contribution in [-0.2, 0) is 4.76 Å². The molecule has 0 rings (SSSR count). The van der Waals surface area contributed by atoms with Crippen molar-refractivity contribution in [1.82, 2.24) is 5.29 Å². The Kier molecular flexibility index (Phi) is 2.90. The normalized spacial score (nSPS) is 9.86. The summed E-state index contributed by atoms with van der Waals surface area (Å²) in [5, 5.41) is 0.0741. The predicted octanol–water partition coefficient (Wildman–Crippen LogP) is -0.189. The summed E-state index contributed by atoms with van der Waals surface area (Å²) in [5.74, 6) is 0. The highest BCUT2D eigenvalue weighted by Gasteiger charge is 2.02. The number of halogens is 1. The summed E-state index contributed by atoms with van der Waals surface area (Å²) < 4.78 is 15.7. The van der Waals surface area contributed by atoms with Crippen LogP contribution in [0.3, 0.4) is 0 Å². The van der Waals surface area contributed by atoms with E-state index in [4.69, 9.17) is 5.64 Å². The minimum absolute atomic E-state index is 0.0741. The molecule has 0 bridgehead atoms. The van der Waals surface area contributed by atoms with Crippen LogP contribution in [0.5, 0.6) is 0 Å². The van der Waals surface area contributed by atoms with Crippen LogP contribution in [0.25, 0.3) is 0 Å². The van der Waals surface area contributed by atoms with Gasteiger partial charge in [0, 0.05) is 7.05 Å². The number of hydroxylamine groups is 1. The third-order valence-electron chi connectivity index (χ3n) is 0.312. The second-order valence-corrected chi connectivity index (χ2v) is 1.23. The van der Waals surface area contributed by atoms with Crippen LogP contribution in [-0.4, -0.2) is 19.4 Å². The predicted molar refractivity (Wildman–Crippen MR) is 25.8 cm³/mol. The Morgan fingerprint density at radius 2 is 2.29 bits per heavy atom. The van der Waals surface area contributed by atoms with E-state index in [2.05, 4.69) is 4.76 Å². The monoisotopic (exact) mass is 106 g/mol. The zero-order chi connectivity index (χ0) is 5.86. The lowest BCUT2D eigenvalue weighted by Crippen LogP contribution is -2.30. The zero-order valence-corrected chi connectivity index (χ0v) is 4.39.